The quantitative estimate of drug-likeness (QED) is 0.237. The molecule has 1 aromatic heterocycles. The highest BCUT2D eigenvalue weighted by atomic mass is 35.5. The van der Waals surface area contributed by atoms with Gasteiger partial charge in [-0.3, -0.25) is 9.59 Å². The van der Waals surface area contributed by atoms with Gasteiger partial charge in [0, 0.05) is 12.2 Å². The van der Waals surface area contributed by atoms with E-state index in [0.29, 0.717) is 34.5 Å². The fourth-order valence-electron chi connectivity index (χ4n) is 3.75. The minimum Gasteiger partial charge on any atom is -0.342 e. The van der Waals surface area contributed by atoms with Gasteiger partial charge in [0.2, 0.25) is 5.91 Å². The van der Waals surface area contributed by atoms with E-state index in [1.165, 1.54) is 11.8 Å². The Bertz CT molecular complexity index is 1240. The molecular formula is C27H32ClN5O2S. The number of nitrogens with zero attached hydrogens (tertiary/aromatic N) is 3. The third-order valence-electron chi connectivity index (χ3n) is 5.71. The lowest BCUT2D eigenvalue weighted by molar-refractivity contribution is -0.113. The van der Waals surface area contributed by atoms with Gasteiger partial charge in [0.1, 0.15) is 0 Å². The van der Waals surface area contributed by atoms with Crippen LogP contribution in [-0.4, -0.2) is 32.3 Å². The fourth-order valence-corrected chi connectivity index (χ4v) is 4.73. The van der Waals surface area contributed by atoms with Crippen molar-refractivity contribution >= 4 is 40.9 Å². The fraction of sp³-hybridized carbons (Fsp3) is 0.333. The van der Waals surface area contributed by atoms with Gasteiger partial charge in [0.05, 0.1) is 22.4 Å². The number of thioether (sulfide) groups is 1. The van der Waals surface area contributed by atoms with Crippen LogP contribution >= 0.6 is 23.4 Å². The van der Waals surface area contributed by atoms with Gasteiger partial charge in [-0.1, -0.05) is 67.6 Å². The van der Waals surface area contributed by atoms with Crippen LogP contribution in [0.2, 0.25) is 5.02 Å². The predicted octanol–water partition coefficient (Wildman–Crippen LogP) is 5.98. The molecule has 9 heteroatoms. The lowest BCUT2D eigenvalue weighted by atomic mass is 10.0. The number of halogens is 1. The van der Waals surface area contributed by atoms with E-state index in [2.05, 4.69) is 41.3 Å². The summed E-state index contributed by atoms with van der Waals surface area (Å²) in [6, 6.07) is 12.4. The van der Waals surface area contributed by atoms with Crippen LogP contribution in [0.25, 0.3) is 0 Å². The second-order valence-corrected chi connectivity index (χ2v) is 10.3. The second-order valence-electron chi connectivity index (χ2n) is 8.96. The summed E-state index contributed by atoms with van der Waals surface area (Å²) in [5, 5.41) is 15.8. The van der Waals surface area contributed by atoms with Crippen LogP contribution in [0.1, 0.15) is 53.6 Å². The van der Waals surface area contributed by atoms with E-state index in [-0.39, 0.29) is 29.5 Å². The van der Waals surface area contributed by atoms with E-state index in [4.69, 9.17) is 11.6 Å². The van der Waals surface area contributed by atoms with E-state index >= 15 is 0 Å². The van der Waals surface area contributed by atoms with Crippen LogP contribution in [0.4, 0.5) is 5.69 Å². The zero-order valence-corrected chi connectivity index (χ0v) is 22.6. The maximum atomic E-state index is 13.0. The van der Waals surface area contributed by atoms with Gasteiger partial charge in [-0.25, -0.2) is 0 Å². The molecule has 1 heterocycles. The van der Waals surface area contributed by atoms with Gasteiger partial charge in [-0.2, -0.15) is 0 Å². The van der Waals surface area contributed by atoms with Crippen LogP contribution in [-0.2, 0) is 11.3 Å². The molecule has 7 nitrogen and oxygen atoms in total. The molecule has 2 amide bonds. The number of carbonyl (C=O) groups is 2. The van der Waals surface area contributed by atoms with Crippen molar-refractivity contribution in [1.29, 1.82) is 0 Å². The number of anilines is 1. The Morgan fingerprint density at radius 3 is 2.58 bits per heavy atom. The molecule has 0 unspecified atom stereocenters. The first-order valence-corrected chi connectivity index (χ1v) is 13.2. The molecular weight excluding hydrogens is 494 g/mol. The van der Waals surface area contributed by atoms with Crippen LogP contribution in [0, 0.1) is 19.8 Å². The predicted molar refractivity (Wildman–Crippen MR) is 147 cm³/mol. The summed E-state index contributed by atoms with van der Waals surface area (Å²) in [7, 11) is 0. The molecule has 190 valence electrons. The van der Waals surface area contributed by atoms with Crippen molar-refractivity contribution in [3.8, 4) is 0 Å². The summed E-state index contributed by atoms with van der Waals surface area (Å²) in [6.07, 6.45) is 2.40. The van der Waals surface area contributed by atoms with Crippen molar-refractivity contribution in [2.45, 2.75) is 51.9 Å². The van der Waals surface area contributed by atoms with Gasteiger partial charge in [-0.15, -0.1) is 16.8 Å². The summed E-state index contributed by atoms with van der Waals surface area (Å²) in [5.41, 5.74) is 3.36. The molecule has 0 saturated heterocycles. The summed E-state index contributed by atoms with van der Waals surface area (Å²) in [6.45, 7) is 12.5. The van der Waals surface area contributed by atoms with Crippen LogP contribution in [0.15, 0.2) is 60.3 Å². The lowest BCUT2D eigenvalue weighted by Crippen LogP contribution is -2.32. The lowest BCUT2D eigenvalue weighted by Gasteiger charge is -2.21. The number of rotatable bonds is 11. The van der Waals surface area contributed by atoms with Crippen molar-refractivity contribution in [3.63, 3.8) is 0 Å². The van der Waals surface area contributed by atoms with Crippen molar-refractivity contribution in [3.05, 3.63) is 82.7 Å². The number of amides is 2. The average Bonchev–Trinajstić information content (AvgIpc) is 3.23. The summed E-state index contributed by atoms with van der Waals surface area (Å²) in [4.78, 5) is 25.7. The molecule has 0 radical (unpaired) electrons. The topological polar surface area (TPSA) is 88.9 Å². The van der Waals surface area contributed by atoms with E-state index in [0.717, 1.165) is 16.8 Å². The van der Waals surface area contributed by atoms with Gasteiger partial charge in [-0.05, 0) is 55.5 Å². The number of allylic oxidation sites excluding steroid dienone is 1. The monoisotopic (exact) mass is 525 g/mol. The molecule has 2 aromatic carbocycles. The zero-order valence-electron chi connectivity index (χ0n) is 21.0. The first-order chi connectivity index (χ1) is 17.2. The summed E-state index contributed by atoms with van der Waals surface area (Å²) in [5.74, 6) is 0.663. The Balaban J connectivity index is 1.79. The van der Waals surface area contributed by atoms with Gasteiger partial charge in [0.15, 0.2) is 11.0 Å². The Hall–Kier alpha value is -3.10. The Kier molecular flexibility index (Phi) is 9.73. The Labute approximate surface area is 221 Å². The Morgan fingerprint density at radius 1 is 1.14 bits per heavy atom. The number of nitrogens with one attached hydrogen (secondary N) is 2. The number of carbonyl (C=O) groups excluding carboxylic acids is 2. The minimum atomic E-state index is -0.389. The molecule has 3 rings (SSSR count). The van der Waals surface area contributed by atoms with E-state index in [9.17, 15) is 9.59 Å². The molecule has 0 fully saturated rings. The molecule has 36 heavy (non-hydrogen) atoms. The Morgan fingerprint density at radius 2 is 1.89 bits per heavy atom. The SMILES string of the molecule is C=CCn1c(SCC(=O)Nc2cccc(C)c2C)nnc1[C@@H](CC(C)C)NC(=O)c1ccccc1Cl. The number of hydrogen-bond acceptors (Lipinski definition) is 5. The van der Waals surface area contributed by atoms with Crippen molar-refractivity contribution in [2.24, 2.45) is 5.92 Å². The second kappa shape index (κ2) is 12.7. The maximum Gasteiger partial charge on any atom is 0.253 e. The number of hydrogen-bond donors (Lipinski definition) is 2. The van der Waals surface area contributed by atoms with E-state index in [1.807, 2.05) is 36.6 Å². The smallest absolute Gasteiger partial charge is 0.253 e. The number of aryl methyl sites for hydroxylation is 1. The number of aromatic nitrogens is 3. The van der Waals surface area contributed by atoms with Gasteiger partial charge in [0.25, 0.3) is 5.91 Å². The van der Waals surface area contributed by atoms with Gasteiger partial charge >= 0.3 is 0 Å². The first kappa shape index (κ1) is 27.5. The third-order valence-corrected chi connectivity index (χ3v) is 7.01. The van der Waals surface area contributed by atoms with Crippen LogP contribution < -0.4 is 10.6 Å². The van der Waals surface area contributed by atoms with Crippen molar-refractivity contribution in [1.82, 2.24) is 20.1 Å². The number of benzene rings is 2. The highest BCUT2D eigenvalue weighted by Crippen LogP contribution is 2.27. The highest BCUT2D eigenvalue weighted by molar-refractivity contribution is 7.99. The molecule has 0 saturated carbocycles. The third kappa shape index (κ3) is 6.98. The molecule has 0 aliphatic rings. The highest BCUT2D eigenvalue weighted by Gasteiger charge is 2.25. The van der Waals surface area contributed by atoms with E-state index in [1.54, 1.807) is 30.3 Å². The average molecular weight is 526 g/mol. The summed E-state index contributed by atoms with van der Waals surface area (Å²) < 4.78 is 1.89. The van der Waals surface area contributed by atoms with Crippen molar-refractivity contribution in [2.75, 3.05) is 11.1 Å². The van der Waals surface area contributed by atoms with Crippen LogP contribution in [0.5, 0.6) is 0 Å². The van der Waals surface area contributed by atoms with Crippen LogP contribution in [0.3, 0.4) is 0 Å². The first-order valence-electron chi connectivity index (χ1n) is 11.8. The largest absolute Gasteiger partial charge is 0.342 e. The molecule has 3 aromatic rings. The van der Waals surface area contributed by atoms with Crippen molar-refractivity contribution < 1.29 is 9.59 Å². The molecule has 0 aliphatic heterocycles. The van der Waals surface area contributed by atoms with Gasteiger partial charge < -0.3 is 15.2 Å². The minimum absolute atomic E-state index is 0.130. The molecule has 0 spiro atoms. The molecule has 0 bridgehead atoms. The molecule has 2 N–H and O–H groups in total. The molecule has 0 aliphatic carbocycles. The zero-order chi connectivity index (χ0) is 26.2. The van der Waals surface area contributed by atoms with E-state index < -0.39 is 0 Å². The maximum absolute atomic E-state index is 13.0. The normalized spacial score (nSPS) is 11.8. The molecule has 1 atom stereocenters. The standard InChI is InChI=1S/C27H32ClN5O2S/c1-6-14-33-25(23(15-17(2)3)30-26(35)20-11-7-8-12-21(20)28)31-32-27(33)36-16-24(34)29-22-13-9-10-18(4)19(22)5/h6-13,17,23H,1,14-16H2,2-5H3,(H,29,34)(H,30,35)/t23-/m1/s1. The summed E-state index contributed by atoms with van der Waals surface area (Å²) >= 11 is 7.53.